The summed E-state index contributed by atoms with van der Waals surface area (Å²) in [5, 5.41) is 21.4. The molecule has 2 aromatic heterocycles. The summed E-state index contributed by atoms with van der Waals surface area (Å²) in [7, 11) is 3.18. The normalized spacial score (nSPS) is 15.7. The number of hydrogen-bond donors (Lipinski definition) is 1. The number of carbonyl (C=O) groups excluding carboxylic acids is 1. The lowest BCUT2D eigenvalue weighted by atomic mass is 9.74. The number of alkyl halides is 2. The van der Waals surface area contributed by atoms with Crippen molar-refractivity contribution in [1.29, 1.82) is 0 Å². The first-order valence-electron chi connectivity index (χ1n) is 13.8. The molecule has 228 valence electrons. The maximum Gasteiger partial charge on any atom is 0.410 e. The maximum atomic E-state index is 13.7. The Labute approximate surface area is 253 Å². The lowest BCUT2D eigenvalue weighted by Crippen LogP contribution is -2.59. The summed E-state index contributed by atoms with van der Waals surface area (Å²) in [5.74, 6) is -3.03. The molecule has 1 amide bonds. The number of aryl methyl sites for hydroxylation is 1. The van der Waals surface area contributed by atoms with Crippen LogP contribution in [-0.4, -0.2) is 61.9 Å². The highest BCUT2D eigenvalue weighted by molar-refractivity contribution is 6.36. The molecule has 1 atom stereocenters. The molecule has 0 spiro atoms. The van der Waals surface area contributed by atoms with Crippen LogP contribution in [0.1, 0.15) is 55.6 Å². The highest BCUT2D eigenvalue weighted by Gasteiger charge is 2.50. The zero-order valence-corrected chi connectivity index (χ0v) is 25.6. The molecule has 1 aliphatic heterocycles. The van der Waals surface area contributed by atoms with E-state index in [4.69, 9.17) is 21.1 Å². The first kappa shape index (κ1) is 30.6. The number of hydrogen-bond acceptors (Lipinski definition) is 7. The van der Waals surface area contributed by atoms with E-state index in [2.05, 4.69) is 15.3 Å². The van der Waals surface area contributed by atoms with Gasteiger partial charge in [0.2, 0.25) is 5.88 Å². The van der Waals surface area contributed by atoms with Crippen molar-refractivity contribution in [1.82, 2.24) is 24.9 Å². The van der Waals surface area contributed by atoms with Crippen molar-refractivity contribution in [2.24, 2.45) is 13.0 Å². The van der Waals surface area contributed by atoms with E-state index >= 15 is 0 Å². The van der Waals surface area contributed by atoms with Gasteiger partial charge in [0, 0.05) is 55.9 Å². The van der Waals surface area contributed by atoms with Gasteiger partial charge in [0.05, 0.1) is 29.5 Å². The molecular weight excluding hydrogens is 580 g/mol. The number of aliphatic hydroxyl groups is 1. The second-order valence-electron chi connectivity index (χ2n) is 12.0. The monoisotopic (exact) mass is 613 g/mol. The topological polar surface area (TPSA) is 103 Å². The van der Waals surface area contributed by atoms with Gasteiger partial charge < -0.3 is 19.5 Å². The summed E-state index contributed by atoms with van der Waals surface area (Å²) in [4.78, 5) is 18.9. The van der Waals surface area contributed by atoms with Crippen LogP contribution >= 0.6 is 11.6 Å². The van der Waals surface area contributed by atoms with Crippen LogP contribution < -0.4 is 4.74 Å². The van der Waals surface area contributed by atoms with Crippen LogP contribution in [0, 0.1) is 5.92 Å². The number of nitrogens with zero attached hydrogens (tertiary/aromatic N) is 5. The molecule has 4 aromatic rings. The Kier molecular flexibility index (Phi) is 7.85. The molecule has 1 unspecified atom stereocenters. The molecular formula is C31H34ClF2N5O4. The van der Waals surface area contributed by atoms with E-state index < -0.39 is 29.1 Å². The number of aromatic nitrogens is 4. The second kappa shape index (κ2) is 11.0. The van der Waals surface area contributed by atoms with E-state index in [1.54, 1.807) is 63.1 Å². The Morgan fingerprint density at radius 2 is 1.74 bits per heavy atom. The minimum Gasteiger partial charge on any atom is -0.481 e. The zero-order valence-electron chi connectivity index (χ0n) is 24.9. The Bertz CT molecular complexity index is 1660. The van der Waals surface area contributed by atoms with E-state index in [9.17, 15) is 18.7 Å². The molecule has 0 radical (unpaired) electrons. The van der Waals surface area contributed by atoms with E-state index in [0.717, 1.165) is 12.5 Å². The Balaban J connectivity index is 1.54. The SMILES string of the molecule is COc1nc2ccc(C(O)(c3cnnn3C)C3CN(C(=O)OC(C)(C)C)C3)cc2c(Cl)c1Cc1ccc(C(C)(F)F)cc1. The van der Waals surface area contributed by atoms with E-state index in [1.165, 1.54) is 30.1 Å². The molecule has 0 bridgehead atoms. The minimum absolute atomic E-state index is 0.0826. The maximum absolute atomic E-state index is 13.7. The summed E-state index contributed by atoms with van der Waals surface area (Å²) in [5.41, 5.74) is 0.546. The van der Waals surface area contributed by atoms with E-state index in [0.29, 0.717) is 38.6 Å². The molecule has 1 aliphatic rings. The molecule has 1 fully saturated rings. The van der Waals surface area contributed by atoms with E-state index in [1.807, 2.05) is 0 Å². The standard InChI is InChI=1S/C31H34ClF2N5O4/c1-29(2,3)43-28(40)39-16-21(17-39)31(41,25-15-35-37-38(25)5)20-11-12-24-22(14-20)26(32)23(27(36-24)42-6)13-18-7-9-19(10-8-18)30(4,33)34/h7-12,14-15,21,41H,13,16-17H2,1-6H3. The van der Waals surface area contributed by atoms with Gasteiger partial charge in [0.15, 0.2) is 0 Å². The van der Waals surface area contributed by atoms with Crippen molar-refractivity contribution in [2.45, 2.75) is 51.2 Å². The van der Waals surface area contributed by atoms with Crippen LogP contribution in [-0.2, 0) is 29.7 Å². The number of amides is 1. The molecule has 2 aromatic carbocycles. The number of benzene rings is 2. The van der Waals surface area contributed by atoms with Crippen LogP contribution in [0.15, 0.2) is 48.7 Å². The van der Waals surface area contributed by atoms with Gasteiger partial charge in [-0.3, -0.25) is 0 Å². The minimum atomic E-state index is -2.95. The van der Waals surface area contributed by atoms with Crippen LogP contribution in [0.4, 0.5) is 13.6 Å². The average molecular weight is 614 g/mol. The third-order valence-corrected chi connectivity index (χ3v) is 8.11. The van der Waals surface area contributed by atoms with Gasteiger partial charge in [-0.05, 0) is 44.0 Å². The van der Waals surface area contributed by atoms with Crippen molar-refractivity contribution in [3.8, 4) is 5.88 Å². The molecule has 12 heteroatoms. The molecule has 5 rings (SSSR count). The third kappa shape index (κ3) is 5.88. The fourth-order valence-electron chi connectivity index (χ4n) is 5.37. The summed E-state index contributed by atoms with van der Waals surface area (Å²) in [6.45, 7) is 6.76. The number of halogens is 3. The van der Waals surface area contributed by atoms with Gasteiger partial charge in [-0.15, -0.1) is 5.10 Å². The number of methoxy groups -OCH3 is 1. The summed E-state index contributed by atoms with van der Waals surface area (Å²) in [6, 6.07) is 11.3. The first-order valence-corrected chi connectivity index (χ1v) is 14.2. The highest BCUT2D eigenvalue weighted by atomic mass is 35.5. The van der Waals surface area contributed by atoms with Gasteiger partial charge in [-0.2, -0.15) is 0 Å². The number of pyridine rings is 1. The molecule has 0 saturated carbocycles. The van der Waals surface area contributed by atoms with Crippen LogP contribution in [0.3, 0.4) is 0 Å². The lowest BCUT2D eigenvalue weighted by molar-refractivity contribution is -0.0726. The number of likely N-dealkylation sites (tertiary alicyclic amines) is 1. The van der Waals surface area contributed by atoms with Gasteiger partial charge in [0.1, 0.15) is 11.2 Å². The Hall–Kier alpha value is -3.83. The van der Waals surface area contributed by atoms with Crippen molar-refractivity contribution in [3.63, 3.8) is 0 Å². The first-order chi connectivity index (χ1) is 20.1. The Morgan fingerprint density at radius 3 is 2.30 bits per heavy atom. The fraction of sp³-hybridized carbons (Fsp3) is 0.419. The number of ether oxygens (including phenoxy) is 2. The molecule has 1 saturated heterocycles. The lowest BCUT2D eigenvalue weighted by Gasteiger charge is -2.47. The average Bonchev–Trinajstić information content (AvgIpc) is 3.34. The molecule has 3 heterocycles. The van der Waals surface area contributed by atoms with Crippen LogP contribution in [0.5, 0.6) is 5.88 Å². The molecule has 0 aliphatic carbocycles. The summed E-state index contributed by atoms with van der Waals surface area (Å²) in [6.07, 6.45) is 1.34. The van der Waals surface area contributed by atoms with Crippen molar-refractivity contribution < 1.29 is 28.2 Å². The predicted molar refractivity (Wildman–Crippen MR) is 157 cm³/mol. The summed E-state index contributed by atoms with van der Waals surface area (Å²) >= 11 is 6.99. The number of rotatable bonds is 7. The molecule has 1 N–H and O–H groups in total. The third-order valence-electron chi connectivity index (χ3n) is 7.68. The van der Waals surface area contributed by atoms with Gasteiger partial charge >= 0.3 is 6.09 Å². The number of carbonyl (C=O) groups is 1. The Morgan fingerprint density at radius 1 is 1.09 bits per heavy atom. The second-order valence-corrected chi connectivity index (χ2v) is 12.4. The van der Waals surface area contributed by atoms with Crippen molar-refractivity contribution >= 4 is 28.6 Å². The van der Waals surface area contributed by atoms with Crippen molar-refractivity contribution in [2.75, 3.05) is 20.2 Å². The summed E-state index contributed by atoms with van der Waals surface area (Å²) < 4.78 is 40.0. The highest BCUT2D eigenvalue weighted by Crippen LogP contribution is 2.44. The van der Waals surface area contributed by atoms with Gasteiger partial charge in [-0.25, -0.2) is 23.2 Å². The van der Waals surface area contributed by atoms with E-state index in [-0.39, 0.29) is 25.1 Å². The van der Waals surface area contributed by atoms with Crippen LogP contribution in [0.25, 0.3) is 10.9 Å². The van der Waals surface area contributed by atoms with Crippen molar-refractivity contribution in [3.05, 3.63) is 81.6 Å². The molecule has 9 nitrogen and oxygen atoms in total. The quantitative estimate of drug-likeness (QED) is 0.280. The smallest absolute Gasteiger partial charge is 0.410 e. The number of fused-ring (bicyclic) bond motifs is 1. The largest absolute Gasteiger partial charge is 0.481 e. The van der Waals surface area contributed by atoms with Gasteiger partial charge in [-0.1, -0.05) is 47.1 Å². The molecule has 43 heavy (non-hydrogen) atoms. The zero-order chi connectivity index (χ0) is 31.3. The predicted octanol–water partition coefficient (Wildman–Crippen LogP) is 5.83. The fourth-order valence-corrected chi connectivity index (χ4v) is 5.67. The van der Waals surface area contributed by atoms with Crippen LogP contribution in [0.2, 0.25) is 5.02 Å². The van der Waals surface area contributed by atoms with Gasteiger partial charge in [0.25, 0.3) is 5.92 Å².